The van der Waals surface area contributed by atoms with Crippen LogP contribution in [-0.2, 0) is 19.0 Å². The maximum absolute atomic E-state index is 11.2. The Balaban J connectivity index is 4.39. The Morgan fingerprint density at radius 3 is 2.71 bits per heavy atom. The molecule has 0 radical (unpaired) electrons. The minimum absolute atomic E-state index is 0.0882. The number of esters is 1. The predicted molar refractivity (Wildman–Crippen MR) is 54.2 cm³/mol. The van der Waals surface area contributed by atoms with Crippen LogP contribution >= 0.6 is 15.9 Å². The van der Waals surface area contributed by atoms with Crippen LogP contribution in [0.15, 0.2) is 4.99 Å². The molecule has 0 amide bonds. The Morgan fingerprint density at radius 1 is 1.64 bits per heavy atom. The zero-order valence-corrected chi connectivity index (χ0v) is 9.19. The third-order valence-corrected chi connectivity index (χ3v) is 1.97. The van der Waals surface area contributed by atoms with E-state index in [-0.39, 0.29) is 17.5 Å². The number of nitrogens with zero attached hydrogens (tertiary/aromatic N) is 1. The quantitative estimate of drug-likeness (QED) is 0.291. The van der Waals surface area contributed by atoms with Gasteiger partial charge in [-0.1, -0.05) is 0 Å². The zero-order valence-electron chi connectivity index (χ0n) is 7.60. The van der Waals surface area contributed by atoms with Crippen LogP contribution < -0.4 is 0 Å². The number of ketones is 1. The molecule has 0 N–H and O–H groups in total. The Morgan fingerprint density at radius 2 is 2.29 bits per heavy atom. The second kappa shape index (κ2) is 7.55. The van der Waals surface area contributed by atoms with Gasteiger partial charge in [0.15, 0.2) is 0 Å². The first-order valence-corrected chi connectivity index (χ1v) is 4.90. The van der Waals surface area contributed by atoms with Crippen LogP contribution in [0.1, 0.15) is 6.42 Å². The Bertz CT molecular complexity index is 256. The summed E-state index contributed by atoms with van der Waals surface area (Å²) in [4.78, 5) is 25.7. The molecule has 0 aromatic rings. The summed E-state index contributed by atoms with van der Waals surface area (Å²) >= 11 is 2.96. The number of methoxy groups -OCH3 is 1. The Hall–Kier alpha value is -0.845. The van der Waals surface area contributed by atoms with Gasteiger partial charge < -0.3 is 0 Å². The van der Waals surface area contributed by atoms with E-state index in [1.54, 1.807) is 0 Å². The van der Waals surface area contributed by atoms with Gasteiger partial charge in [-0.3, -0.25) is 0 Å². The summed E-state index contributed by atoms with van der Waals surface area (Å²) in [7, 11) is 1.67. The molecule has 0 rings (SSSR count). The maximum atomic E-state index is 11.2. The van der Waals surface area contributed by atoms with Crippen LogP contribution in [0.3, 0.4) is 0 Å². The molecule has 7 heteroatoms. The van der Waals surface area contributed by atoms with Crippen LogP contribution in [0.4, 0.5) is 0 Å². The molecule has 76 valence electrons. The Labute approximate surface area is 90.3 Å². The standard InChI is InChI=1S/C7H9BBrNO4/c1-14-7(12)2-5(6(11)3-9)10-4-8-13/h4-5H,2-3H2,1H3/t5-/m0/s1. The topological polar surface area (TPSA) is 72.8 Å². The summed E-state index contributed by atoms with van der Waals surface area (Å²) in [5, 5.41) is 0.0882. The number of carbonyl (C=O) groups excluding carboxylic acids is 2. The van der Waals surface area contributed by atoms with E-state index in [0.717, 1.165) is 6.11 Å². The zero-order chi connectivity index (χ0) is 11.0. The molecule has 0 aromatic heterocycles. The molecule has 0 saturated carbocycles. The van der Waals surface area contributed by atoms with Crippen molar-refractivity contribution in [2.45, 2.75) is 12.5 Å². The first kappa shape index (κ1) is 13.2. The molecule has 0 aromatic carbocycles. The molecule has 5 nitrogen and oxygen atoms in total. The molecule has 0 saturated heterocycles. The molecule has 1 atom stereocenters. The number of Topliss-reactive ketones (excluding diaryl/α,β-unsaturated/α-hetero) is 1. The molecular weight excluding hydrogens is 253 g/mol. The third-order valence-electron chi connectivity index (χ3n) is 1.42. The number of carbonyl (C=O) groups is 2. The van der Waals surface area contributed by atoms with Crippen molar-refractivity contribution in [2.24, 2.45) is 4.99 Å². The van der Waals surface area contributed by atoms with Gasteiger partial charge >= 0.3 is 89.9 Å². The van der Waals surface area contributed by atoms with Crippen LogP contribution in [0.25, 0.3) is 0 Å². The SMILES string of the molecule is COC(=O)C[C@H](N=CB=O)C(=O)CBr. The van der Waals surface area contributed by atoms with Crippen molar-refractivity contribution < 1.29 is 19.0 Å². The minimum atomic E-state index is -0.841. The molecule has 0 fully saturated rings. The molecule has 0 aliphatic carbocycles. The van der Waals surface area contributed by atoms with Gasteiger partial charge in [-0.15, -0.1) is 0 Å². The van der Waals surface area contributed by atoms with Crippen molar-refractivity contribution in [3.8, 4) is 0 Å². The monoisotopic (exact) mass is 261 g/mol. The predicted octanol–water partition coefficient (Wildman–Crippen LogP) is -0.0399. The summed E-state index contributed by atoms with van der Waals surface area (Å²) in [6, 6.07) is -0.841. The first-order chi connectivity index (χ1) is 6.65. The fourth-order valence-electron chi connectivity index (χ4n) is 0.719. The molecule has 0 spiro atoms. The van der Waals surface area contributed by atoms with Crippen molar-refractivity contribution in [2.75, 3.05) is 12.4 Å². The fourth-order valence-corrected chi connectivity index (χ4v) is 1.09. The van der Waals surface area contributed by atoms with Crippen LogP contribution in [-0.4, -0.2) is 43.5 Å². The first-order valence-electron chi connectivity index (χ1n) is 3.78. The fraction of sp³-hybridized carbons (Fsp3) is 0.571. The summed E-state index contributed by atoms with van der Waals surface area (Å²) < 4.78 is 14.4. The number of hydrogen-bond acceptors (Lipinski definition) is 5. The van der Waals surface area contributed by atoms with E-state index < -0.39 is 12.0 Å². The molecule has 0 aliphatic rings. The van der Waals surface area contributed by atoms with Gasteiger partial charge in [0, 0.05) is 0 Å². The third kappa shape index (κ3) is 5.01. The van der Waals surface area contributed by atoms with Gasteiger partial charge in [-0.05, 0) is 0 Å². The normalized spacial score (nSPS) is 12.1. The van der Waals surface area contributed by atoms with Gasteiger partial charge in [0.05, 0.1) is 0 Å². The van der Waals surface area contributed by atoms with E-state index in [0.29, 0.717) is 7.15 Å². The van der Waals surface area contributed by atoms with Crippen LogP contribution in [0.2, 0.25) is 0 Å². The van der Waals surface area contributed by atoms with Crippen molar-refractivity contribution in [3.63, 3.8) is 0 Å². The number of rotatable bonds is 6. The van der Waals surface area contributed by atoms with E-state index in [9.17, 15) is 14.3 Å². The molecule has 0 aliphatic heterocycles. The average Bonchev–Trinajstić information content (AvgIpc) is 2.22. The summed E-state index contributed by atoms with van der Waals surface area (Å²) in [5.41, 5.74) is 0. The Kier molecular flexibility index (Phi) is 7.09. The molecule has 14 heavy (non-hydrogen) atoms. The number of ether oxygens (including phenoxy) is 1. The second-order valence-corrected chi connectivity index (χ2v) is 2.89. The van der Waals surface area contributed by atoms with E-state index >= 15 is 0 Å². The van der Waals surface area contributed by atoms with E-state index in [4.69, 9.17) is 0 Å². The van der Waals surface area contributed by atoms with Gasteiger partial charge in [0.1, 0.15) is 0 Å². The van der Waals surface area contributed by atoms with Crippen LogP contribution in [0, 0.1) is 0 Å². The summed E-state index contributed by atoms with van der Waals surface area (Å²) in [6.45, 7) is 0. The number of aliphatic imine (C=N–C) groups is 1. The van der Waals surface area contributed by atoms with Gasteiger partial charge in [0.25, 0.3) is 0 Å². The van der Waals surface area contributed by atoms with E-state index in [1.165, 1.54) is 7.11 Å². The van der Waals surface area contributed by atoms with Gasteiger partial charge in [-0.25, -0.2) is 0 Å². The van der Waals surface area contributed by atoms with E-state index in [2.05, 4.69) is 25.7 Å². The summed E-state index contributed by atoms with van der Waals surface area (Å²) in [6.07, 6.45) is 0.805. The average molecular weight is 262 g/mol. The van der Waals surface area contributed by atoms with Crippen molar-refractivity contribution >= 4 is 40.9 Å². The van der Waals surface area contributed by atoms with Gasteiger partial charge in [0.2, 0.25) is 0 Å². The van der Waals surface area contributed by atoms with Gasteiger partial charge in [-0.2, -0.15) is 0 Å². The number of alkyl halides is 1. The number of halogens is 1. The van der Waals surface area contributed by atoms with Crippen molar-refractivity contribution in [1.82, 2.24) is 0 Å². The molecule has 0 bridgehead atoms. The molecule has 0 unspecified atom stereocenters. The molecule has 0 heterocycles. The van der Waals surface area contributed by atoms with Crippen LogP contribution in [0.5, 0.6) is 0 Å². The number of hydrogen-bond donors (Lipinski definition) is 0. The van der Waals surface area contributed by atoms with E-state index in [1.807, 2.05) is 0 Å². The summed E-state index contributed by atoms with van der Waals surface area (Å²) in [5.74, 6) is -0.805. The van der Waals surface area contributed by atoms with Crippen molar-refractivity contribution in [1.29, 1.82) is 0 Å². The van der Waals surface area contributed by atoms with Crippen molar-refractivity contribution in [3.05, 3.63) is 0 Å². The molecular formula is C7H9BBrNO4. The second-order valence-electron chi connectivity index (χ2n) is 2.33.